The first-order valence-corrected chi connectivity index (χ1v) is 12.3. The molecule has 0 saturated heterocycles. The first-order chi connectivity index (χ1) is 18.7. The normalized spacial score (nSPS) is 11.3. The Morgan fingerprint density at radius 2 is 1.11 bits per heavy atom. The average Bonchev–Trinajstić information content (AvgIpc) is 3.38. The van der Waals surface area contributed by atoms with E-state index in [-0.39, 0.29) is 5.58 Å². The lowest BCUT2D eigenvalue weighted by Crippen LogP contribution is -2.00. The van der Waals surface area contributed by atoms with Gasteiger partial charge in [-0.2, -0.15) is 0 Å². The highest BCUT2D eigenvalue weighted by Gasteiger charge is 2.19. The quantitative estimate of drug-likeness (QED) is 0.246. The molecule has 0 radical (unpaired) electrons. The number of hydrogen-bond acceptors (Lipinski definition) is 4. The van der Waals surface area contributed by atoms with Gasteiger partial charge in [0.05, 0.1) is 0 Å². The molecule has 0 unspecified atom stereocenters. The zero-order valence-corrected chi connectivity index (χ0v) is 20.2. The Morgan fingerprint density at radius 1 is 0.500 bits per heavy atom. The number of para-hydroxylation sites is 1. The SMILES string of the molecule is Fc1cccc2c1oc1cccc(-c3nc(-c4ccccc4)nc(-c4cccc(-c5ccccc5)c4)n3)c12. The molecule has 4 nitrogen and oxygen atoms in total. The number of hydrogen-bond donors (Lipinski definition) is 0. The van der Waals surface area contributed by atoms with Crippen LogP contribution in [0.4, 0.5) is 4.39 Å². The number of fused-ring (bicyclic) bond motifs is 3. The largest absolute Gasteiger partial charge is 0.453 e. The number of furan rings is 1. The second-order valence-electron chi connectivity index (χ2n) is 9.02. The van der Waals surface area contributed by atoms with Crippen LogP contribution >= 0.6 is 0 Å². The minimum absolute atomic E-state index is 0.225. The van der Waals surface area contributed by atoms with Crippen LogP contribution in [-0.4, -0.2) is 15.0 Å². The van der Waals surface area contributed by atoms with Crippen molar-refractivity contribution in [3.63, 3.8) is 0 Å². The number of benzene rings is 5. The number of halogens is 1. The molecule has 0 spiro atoms. The molecule has 0 amide bonds. The van der Waals surface area contributed by atoms with Crippen molar-refractivity contribution in [3.05, 3.63) is 127 Å². The smallest absolute Gasteiger partial charge is 0.171 e. The molecule has 0 aliphatic rings. The predicted molar refractivity (Wildman–Crippen MR) is 149 cm³/mol. The average molecular weight is 494 g/mol. The van der Waals surface area contributed by atoms with Gasteiger partial charge in [-0.05, 0) is 29.3 Å². The second kappa shape index (κ2) is 9.05. The summed E-state index contributed by atoms with van der Waals surface area (Å²) < 4.78 is 20.5. The van der Waals surface area contributed by atoms with E-state index in [2.05, 4.69) is 24.3 Å². The van der Waals surface area contributed by atoms with Gasteiger partial charge < -0.3 is 4.42 Å². The van der Waals surface area contributed by atoms with Gasteiger partial charge in [-0.25, -0.2) is 19.3 Å². The first-order valence-electron chi connectivity index (χ1n) is 12.3. The van der Waals surface area contributed by atoms with Gasteiger partial charge in [-0.15, -0.1) is 0 Å². The molecule has 7 rings (SSSR count). The fourth-order valence-corrected chi connectivity index (χ4v) is 4.81. The summed E-state index contributed by atoms with van der Waals surface area (Å²) in [5, 5.41) is 1.46. The van der Waals surface area contributed by atoms with E-state index in [0.29, 0.717) is 28.4 Å². The Balaban J connectivity index is 1.48. The third-order valence-electron chi connectivity index (χ3n) is 6.61. The molecule has 5 heteroatoms. The van der Waals surface area contributed by atoms with Crippen molar-refractivity contribution < 1.29 is 8.81 Å². The van der Waals surface area contributed by atoms with Gasteiger partial charge in [-0.3, -0.25) is 0 Å². The number of aromatic nitrogens is 3. The maximum absolute atomic E-state index is 14.6. The first kappa shape index (κ1) is 22.1. The molecule has 0 aliphatic heterocycles. The molecule has 0 bridgehead atoms. The van der Waals surface area contributed by atoms with Crippen molar-refractivity contribution >= 4 is 21.9 Å². The number of nitrogens with zero attached hydrogens (tertiary/aromatic N) is 3. The van der Waals surface area contributed by atoms with Crippen molar-refractivity contribution in [1.82, 2.24) is 15.0 Å². The highest BCUT2D eigenvalue weighted by Crippen LogP contribution is 2.37. The summed E-state index contributed by atoms with van der Waals surface area (Å²) in [6.45, 7) is 0. The van der Waals surface area contributed by atoms with Gasteiger partial charge in [0.1, 0.15) is 5.58 Å². The Hall–Kier alpha value is -5.16. The summed E-state index contributed by atoms with van der Waals surface area (Å²) in [6.07, 6.45) is 0. The third-order valence-corrected chi connectivity index (χ3v) is 6.61. The summed E-state index contributed by atoms with van der Waals surface area (Å²) in [6, 6.07) is 38.8. The number of rotatable bonds is 4. The molecule has 2 heterocycles. The molecule has 38 heavy (non-hydrogen) atoms. The van der Waals surface area contributed by atoms with Crippen LogP contribution in [0, 0.1) is 5.82 Å². The van der Waals surface area contributed by atoms with Gasteiger partial charge in [0, 0.05) is 27.5 Å². The molecule has 0 fully saturated rings. The predicted octanol–water partition coefficient (Wildman–Crippen LogP) is 8.58. The fraction of sp³-hybridized carbons (Fsp3) is 0. The van der Waals surface area contributed by atoms with E-state index in [4.69, 9.17) is 19.4 Å². The highest BCUT2D eigenvalue weighted by atomic mass is 19.1. The molecular formula is C33H20FN3O. The maximum Gasteiger partial charge on any atom is 0.171 e. The van der Waals surface area contributed by atoms with Crippen molar-refractivity contribution in [1.29, 1.82) is 0 Å². The third kappa shape index (κ3) is 3.82. The Labute approximate surface area is 218 Å². The van der Waals surface area contributed by atoms with Crippen LogP contribution in [0.2, 0.25) is 0 Å². The lowest BCUT2D eigenvalue weighted by Gasteiger charge is -2.10. The minimum Gasteiger partial charge on any atom is -0.453 e. The summed E-state index contributed by atoms with van der Waals surface area (Å²) >= 11 is 0. The van der Waals surface area contributed by atoms with Crippen LogP contribution in [0.5, 0.6) is 0 Å². The maximum atomic E-state index is 14.6. The zero-order chi connectivity index (χ0) is 25.5. The van der Waals surface area contributed by atoms with Crippen LogP contribution < -0.4 is 0 Å². The lowest BCUT2D eigenvalue weighted by molar-refractivity contribution is 0.584. The van der Waals surface area contributed by atoms with Crippen molar-refractivity contribution in [2.24, 2.45) is 0 Å². The van der Waals surface area contributed by atoms with E-state index in [1.807, 2.05) is 84.9 Å². The summed E-state index contributed by atoms with van der Waals surface area (Å²) in [5.74, 6) is 1.22. The standard InChI is InChI=1S/C33H20FN3O/c34-27-18-8-16-25-29-26(17-9-19-28(29)38-30(25)27)33-36-31(22-12-5-2-6-13-22)35-32(37-33)24-15-7-14-23(20-24)21-10-3-1-4-11-21/h1-20H. The molecule has 0 N–H and O–H groups in total. The molecule has 7 aromatic rings. The molecule has 0 saturated carbocycles. The van der Waals surface area contributed by atoms with Crippen molar-refractivity contribution in [2.45, 2.75) is 0 Å². The Morgan fingerprint density at radius 3 is 1.89 bits per heavy atom. The molecular weight excluding hydrogens is 473 g/mol. The molecule has 5 aromatic carbocycles. The van der Waals surface area contributed by atoms with Crippen LogP contribution in [-0.2, 0) is 0 Å². The Kier molecular flexibility index (Phi) is 5.26. The van der Waals surface area contributed by atoms with Crippen LogP contribution in [0.3, 0.4) is 0 Å². The summed E-state index contributed by atoms with van der Waals surface area (Å²) in [7, 11) is 0. The van der Waals surface area contributed by atoms with Crippen LogP contribution in [0.1, 0.15) is 0 Å². The highest BCUT2D eigenvalue weighted by molar-refractivity contribution is 6.11. The van der Waals surface area contributed by atoms with Gasteiger partial charge in [-0.1, -0.05) is 103 Å². The lowest BCUT2D eigenvalue weighted by atomic mass is 10.0. The van der Waals surface area contributed by atoms with E-state index in [9.17, 15) is 4.39 Å². The van der Waals surface area contributed by atoms with Gasteiger partial charge in [0.15, 0.2) is 28.9 Å². The monoisotopic (exact) mass is 493 g/mol. The molecule has 0 aliphatic carbocycles. The fourth-order valence-electron chi connectivity index (χ4n) is 4.81. The minimum atomic E-state index is -0.399. The van der Waals surface area contributed by atoms with Gasteiger partial charge in [0.2, 0.25) is 0 Å². The molecule has 2 aromatic heterocycles. The van der Waals surface area contributed by atoms with E-state index < -0.39 is 5.82 Å². The summed E-state index contributed by atoms with van der Waals surface area (Å²) in [4.78, 5) is 14.7. The molecule has 180 valence electrons. The van der Waals surface area contributed by atoms with Gasteiger partial charge >= 0.3 is 0 Å². The van der Waals surface area contributed by atoms with Crippen molar-refractivity contribution in [2.75, 3.05) is 0 Å². The topological polar surface area (TPSA) is 51.8 Å². The van der Waals surface area contributed by atoms with Crippen LogP contribution in [0.15, 0.2) is 126 Å². The second-order valence-corrected chi connectivity index (χ2v) is 9.02. The van der Waals surface area contributed by atoms with E-state index >= 15 is 0 Å². The zero-order valence-electron chi connectivity index (χ0n) is 20.2. The van der Waals surface area contributed by atoms with E-state index in [1.54, 1.807) is 6.07 Å². The Bertz CT molecular complexity index is 1930. The molecule has 0 atom stereocenters. The van der Waals surface area contributed by atoms with Crippen molar-refractivity contribution in [3.8, 4) is 45.3 Å². The van der Waals surface area contributed by atoms with E-state index in [1.165, 1.54) is 6.07 Å². The summed E-state index contributed by atoms with van der Waals surface area (Å²) in [5.41, 5.74) is 5.51. The van der Waals surface area contributed by atoms with Crippen LogP contribution in [0.25, 0.3) is 67.2 Å². The van der Waals surface area contributed by atoms with E-state index in [0.717, 1.165) is 33.2 Å². The van der Waals surface area contributed by atoms with Gasteiger partial charge in [0.25, 0.3) is 0 Å².